The molecule has 0 atom stereocenters. The van der Waals surface area contributed by atoms with Crippen molar-refractivity contribution in [1.29, 1.82) is 0 Å². The standard InChI is InChI=1S/C18H24F2N2O3/c1-3-11-21-16(23)13-22(12-4-2)17(24)10-9-14-7-5-6-8-15(14)25-18(19)20/h5-10,18H,3-4,11-13H2,1-2H3,(H,21,23)/b10-9+. The Labute approximate surface area is 146 Å². The second kappa shape index (κ2) is 11.2. The van der Waals surface area contributed by atoms with E-state index in [1.807, 2.05) is 13.8 Å². The van der Waals surface area contributed by atoms with Crippen LogP contribution in [0.5, 0.6) is 5.75 Å². The zero-order valence-electron chi connectivity index (χ0n) is 14.5. The highest BCUT2D eigenvalue weighted by molar-refractivity contribution is 5.94. The van der Waals surface area contributed by atoms with E-state index in [4.69, 9.17) is 0 Å². The molecule has 0 aromatic heterocycles. The highest BCUT2D eigenvalue weighted by Crippen LogP contribution is 2.21. The molecule has 1 aromatic carbocycles. The number of halogens is 2. The van der Waals surface area contributed by atoms with E-state index in [9.17, 15) is 18.4 Å². The molecule has 1 N–H and O–H groups in total. The van der Waals surface area contributed by atoms with Crippen LogP contribution in [0.3, 0.4) is 0 Å². The van der Waals surface area contributed by atoms with Crippen molar-refractivity contribution in [3.63, 3.8) is 0 Å². The first-order valence-electron chi connectivity index (χ1n) is 8.25. The van der Waals surface area contributed by atoms with Crippen molar-refractivity contribution in [2.75, 3.05) is 19.6 Å². The fraction of sp³-hybridized carbons (Fsp3) is 0.444. The predicted octanol–water partition coefficient (Wildman–Crippen LogP) is 3.07. The Balaban J connectivity index is 2.79. The lowest BCUT2D eigenvalue weighted by Gasteiger charge is -2.20. The molecule has 0 spiro atoms. The quantitative estimate of drug-likeness (QED) is 0.657. The van der Waals surface area contributed by atoms with Crippen LogP contribution in [-0.4, -0.2) is 43.0 Å². The van der Waals surface area contributed by atoms with Gasteiger partial charge in [-0.2, -0.15) is 8.78 Å². The molecule has 0 radical (unpaired) electrons. The molecule has 0 heterocycles. The molecule has 0 saturated heterocycles. The monoisotopic (exact) mass is 354 g/mol. The summed E-state index contributed by atoms with van der Waals surface area (Å²) in [5.41, 5.74) is 0.364. The van der Waals surface area contributed by atoms with Crippen molar-refractivity contribution >= 4 is 17.9 Å². The Morgan fingerprint density at radius 2 is 1.96 bits per heavy atom. The molecule has 0 fully saturated rings. The van der Waals surface area contributed by atoms with Gasteiger partial charge in [0.15, 0.2) is 0 Å². The minimum Gasteiger partial charge on any atom is -0.434 e. The van der Waals surface area contributed by atoms with Crippen LogP contribution in [0.1, 0.15) is 32.3 Å². The third-order valence-corrected chi connectivity index (χ3v) is 3.25. The average Bonchev–Trinajstić information content (AvgIpc) is 2.58. The number of nitrogens with zero attached hydrogens (tertiary/aromatic N) is 1. The maximum Gasteiger partial charge on any atom is 0.387 e. The van der Waals surface area contributed by atoms with Gasteiger partial charge in [0.2, 0.25) is 11.8 Å². The lowest BCUT2D eigenvalue weighted by Crippen LogP contribution is -2.40. The Kier molecular flexibility index (Phi) is 9.21. The Morgan fingerprint density at radius 3 is 2.60 bits per heavy atom. The van der Waals surface area contributed by atoms with E-state index in [0.717, 1.165) is 6.42 Å². The van der Waals surface area contributed by atoms with Crippen molar-refractivity contribution in [3.8, 4) is 5.75 Å². The molecule has 0 aliphatic rings. The fourth-order valence-corrected chi connectivity index (χ4v) is 2.12. The second-order valence-corrected chi connectivity index (χ2v) is 5.36. The summed E-state index contributed by atoms with van der Waals surface area (Å²) >= 11 is 0. The Morgan fingerprint density at radius 1 is 1.24 bits per heavy atom. The maximum atomic E-state index is 12.4. The minimum atomic E-state index is -2.94. The first kappa shape index (κ1) is 20.6. The SMILES string of the molecule is CCCNC(=O)CN(CCC)C(=O)/C=C/c1ccccc1OC(F)F. The minimum absolute atomic E-state index is 0.00993. The summed E-state index contributed by atoms with van der Waals surface area (Å²) in [6.45, 7) is 1.85. The first-order chi connectivity index (χ1) is 12.0. The van der Waals surface area contributed by atoms with Gasteiger partial charge in [-0.25, -0.2) is 0 Å². The number of rotatable bonds is 10. The van der Waals surface area contributed by atoms with Crippen molar-refractivity contribution in [1.82, 2.24) is 10.2 Å². The summed E-state index contributed by atoms with van der Waals surface area (Å²) in [6, 6.07) is 6.20. The number of benzene rings is 1. The van der Waals surface area contributed by atoms with Crippen molar-refractivity contribution in [2.45, 2.75) is 33.3 Å². The molecule has 2 amide bonds. The number of hydrogen-bond acceptors (Lipinski definition) is 3. The molecule has 138 valence electrons. The maximum absolute atomic E-state index is 12.4. The molecule has 0 saturated carbocycles. The van der Waals surface area contributed by atoms with Gasteiger partial charge in [0.05, 0.1) is 6.54 Å². The third-order valence-electron chi connectivity index (χ3n) is 3.25. The highest BCUT2D eigenvalue weighted by atomic mass is 19.3. The summed E-state index contributed by atoms with van der Waals surface area (Å²) in [5.74, 6) is -0.594. The normalized spacial score (nSPS) is 10.9. The van der Waals surface area contributed by atoms with Gasteiger partial charge in [-0.15, -0.1) is 0 Å². The molecule has 1 aromatic rings. The summed E-state index contributed by atoms with van der Waals surface area (Å²) in [5, 5.41) is 2.72. The molecule has 25 heavy (non-hydrogen) atoms. The van der Waals surface area contributed by atoms with Gasteiger partial charge in [0, 0.05) is 24.7 Å². The van der Waals surface area contributed by atoms with Crippen LogP contribution in [0.15, 0.2) is 30.3 Å². The van der Waals surface area contributed by atoms with Gasteiger partial charge in [-0.05, 0) is 25.0 Å². The number of nitrogens with one attached hydrogen (secondary N) is 1. The predicted molar refractivity (Wildman–Crippen MR) is 92.3 cm³/mol. The number of ether oxygens (including phenoxy) is 1. The fourth-order valence-electron chi connectivity index (χ4n) is 2.12. The Hall–Kier alpha value is -2.44. The Bertz CT molecular complexity index is 591. The average molecular weight is 354 g/mol. The van der Waals surface area contributed by atoms with Gasteiger partial charge in [0.25, 0.3) is 0 Å². The smallest absolute Gasteiger partial charge is 0.387 e. The van der Waals surface area contributed by atoms with E-state index in [0.29, 0.717) is 25.1 Å². The van der Waals surface area contributed by atoms with E-state index in [-0.39, 0.29) is 24.1 Å². The summed E-state index contributed by atoms with van der Waals surface area (Å²) in [6.07, 6.45) is 4.18. The van der Waals surface area contributed by atoms with Gasteiger partial charge < -0.3 is 15.0 Å². The van der Waals surface area contributed by atoms with E-state index in [1.54, 1.807) is 18.2 Å². The second-order valence-electron chi connectivity index (χ2n) is 5.36. The zero-order chi connectivity index (χ0) is 18.7. The van der Waals surface area contributed by atoms with E-state index >= 15 is 0 Å². The van der Waals surface area contributed by atoms with E-state index < -0.39 is 6.61 Å². The van der Waals surface area contributed by atoms with Crippen LogP contribution in [0.4, 0.5) is 8.78 Å². The van der Waals surface area contributed by atoms with Gasteiger partial charge in [-0.3, -0.25) is 9.59 Å². The molecular formula is C18H24F2N2O3. The van der Waals surface area contributed by atoms with E-state index in [1.165, 1.54) is 23.1 Å². The molecule has 0 bridgehead atoms. The van der Waals surface area contributed by atoms with Gasteiger partial charge in [-0.1, -0.05) is 32.0 Å². The molecule has 0 aliphatic heterocycles. The highest BCUT2D eigenvalue weighted by Gasteiger charge is 2.14. The molecule has 7 heteroatoms. The van der Waals surface area contributed by atoms with Crippen molar-refractivity contribution < 1.29 is 23.1 Å². The number of carbonyl (C=O) groups excluding carboxylic acids is 2. The van der Waals surface area contributed by atoms with Crippen molar-refractivity contribution in [3.05, 3.63) is 35.9 Å². The number of carbonyl (C=O) groups is 2. The lowest BCUT2D eigenvalue weighted by molar-refractivity contribution is -0.132. The van der Waals surface area contributed by atoms with Crippen LogP contribution < -0.4 is 10.1 Å². The van der Waals surface area contributed by atoms with Crippen LogP contribution in [0.25, 0.3) is 6.08 Å². The van der Waals surface area contributed by atoms with Gasteiger partial charge in [0.1, 0.15) is 5.75 Å². The van der Waals surface area contributed by atoms with Crippen LogP contribution in [0, 0.1) is 0 Å². The largest absolute Gasteiger partial charge is 0.434 e. The molecule has 5 nitrogen and oxygen atoms in total. The van der Waals surface area contributed by atoms with Crippen molar-refractivity contribution in [2.24, 2.45) is 0 Å². The summed E-state index contributed by atoms with van der Waals surface area (Å²) in [4.78, 5) is 25.5. The van der Waals surface area contributed by atoms with Crippen LogP contribution in [0.2, 0.25) is 0 Å². The molecule has 0 unspecified atom stereocenters. The molecule has 0 aliphatic carbocycles. The number of amides is 2. The van der Waals surface area contributed by atoms with Gasteiger partial charge >= 0.3 is 6.61 Å². The third kappa shape index (κ3) is 7.78. The number of alkyl halides is 2. The van der Waals surface area contributed by atoms with E-state index in [2.05, 4.69) is 10.1 Å². The molecule has 1 rings (SSSR count). The van der Waals surface area contributed by atoms with Crippen LogP contribution in [-0.2, 0) is 9.59 Å². The zero-order valence-corrected chi connectivity index (χ0v) is 14.5. The van der Waals surface area contributed by atoms with Crippen LogP contribution >= 0.6 is 0 Å². The lowest BCUT2D eigenvalue weighted by atomic mass is 10.2. The topological polar surface area (TPSA) is 58.6 Å². The first-order valence-corrected chi connectivity index (χ1v) is 8.25. The number of para-hydroxylation sites is 1. The summed E-state index contributed by atoms with van der Waals surface area (Å²) in [7, 11) is 0. The summed E-state index contributed by atoms with van der Waals surface area (Å²) < 4.78 is 29.2. The number of hydrogen-bond donors (Lipinski definition) is 1. The molecular weight excluding hydrogens is 330 g/mol.